The van der Waals surface area contributed by atoms with Gasteiger partial charge in [-0.25, -0.2) is 18.2 Å². The second-order valence-corrected chi connectivity index (χ2v) is 9.27. The third-order valence-electron chi connectivity index (χ3n) is 4.95. The molecule has 0 radical (unpaired) electrons. The predicted octanol–water partition coefficient (Wildman–Crippen LogP) is 0.390. The Balaban J connectivity index is 1.88. The summed E-state index contributed by atoms with van der Waals surface area (Å²) in [5, 5.41) is 2.34. The van der Waals surface area contributed by atoms with Crippen molar-refractivity contribution in [2.75, 3.05) is 11.1 Å². The van der Waals surface area contributed by atoms with Crippen LogP contribution in [0, 0.1) is 13.8 Å². The van der Waals surface area contributed by atoms with Crippen molar-refractivity contribution in [3.8, 4) is 0 Å². The number of hydrogen-bond acceptors (Lipinski definition) is 6. The maximum Gasteiger partial charge on any atom is 0.332 e. The fourth-order valence-electron chi connectivity index (χ4n) is 3.32. The normalized spacial score (nSPS) is 11.8. The minimum atomic E-state index is -3.99. The van der Waals surface area contributed by atoms with Crippen molar-refractivity contribution in [3.05, 3.63) is 50.2 Å². The molecule has 0 bridgehead atoms. The molecule has 0 saturated heterocycles. The summed E-state index contributed by atoms with van der Waals surface area (Å²) in [6.45, 7) is 3.79. The Kier molecular flexibility index (Phi) is 5.42. The van der Waals surface area contributed by atoms with Crippen LogP contribution in [0.15, 0.2) is 32.9 Å². The Hall–Kier alpha value is -3.21. The highest BCUT2D eigenvalue weighted by molar-refractivity contribution is 7.91. The van der Waals surface area contributed by atoms with E-state index < -0.39 is 32.7 Å². The molecule has 0 unspecified atom stereocenters. The standard InChI is InChI=1S/C19H23N5O5S/c1-11-6-7-13(12(2)10-11)20-14(25)8-9-30(28,29)18-21-15-16(22(18)3)23(4)19(27)24(5)17(15)26/h6-7,10H,8-9H2,1-5H3,(H,20,25). The van der Waals surface area contributed by atoms with E-state index in [1.807, 2.05) is 26.0 Å². The Morgan fingerprint density at radius 1 is 1.07 bits per heavy atom. The largest absolute Gasteiger partial charge is 0.332 e. The highest BCUT2D eigenvalue weighted by Crippen LogP contribution is 2.18. The molecular formula is C19H23N5O5S. The van der Waals surface area contributed by atoms with E-state index >= 15 is 0 Å². The number of amides is 1. The zero-order valence-corrected chi connectivity index (χ0v) is 18.2. The van der Waals surface area contributed by atoms with Crippen LogP contribution in [0.3, 0.4) is 0 Å². The fourth-order valence-corrected chi connectivity index (χ4v) is 4.69. The van der Waals surface area contributed by atoms with Gasteiger partial charge in [0.1, 0.15) is 0 Å². The molecule has 0 atom stereocenters. The lowest BCUT2D eigenvalue weighted by Crippen LogP contribution is -2.37. The summed E-state index contributed by atoms with van der Waals surface area (Å²) in [4.78, 5) is 40.7. The number of carbonyl (C=O) groups is 1. The Labute approximate surface area is 172 Å². The van der Waals surface area contributed by atoms with Gasteiger partial charge >= 0.3 is 5.69 Å². The third-order valence-corrected chi connectivity index (χ3v) is 6.62. The van der Waals surface area contributed by atoms with E-state index in [1.165, 1.54) is 25.7 Å². The molecule has 3 aromatic rings. The van der Waals surface area contributed by atoms with Gasteiger partial charge in [-0.05, 0) is 25.5 Å². The van der Waals surface area contributed by atoms with E-state index in [9.17, 15) is 22.8 Å². The van der Waals surface area contributed by atoms with Crippen LogP contribution in [0.1, 0.15) is 17.5 Å². The Morgan fingerprint density at radius 2 is 1.73 bits per heavy atom. The predicted molar refractivity (Wildman–Crippen MR) is 112 cm³/mol. The van der Waals surface area contributed by atoms with E-state index in [0.717, 1.165) is 20.3 Å². The summed E-state index contributed by atoms with van der Waals surface area (Å²) in [6.07, 6.45) is -0.282. The lowest BCUT2D eigenvalue weighted by Gasteiger charge is -2.09. The molecule has 0 aliphatic rings. The maximum atomic E-state index is 12.8. The summed E-state index contributed by atoms with van der Waals surface area (Å²) < 4.78 is 28.9. The van der Waals surface area contributed by atoms with Crippen LogP contribution in [0.25, 0.3) is 11.2 Å². The number of benzene rings is 1. The number of nitrogens with zero attached hydrogens (tertiary/aromatic N) is 4. The van der Waals surface area contributed by atoms with E-state index in [2.05, 4.69) is 10.3 Å². The third kappa shape index (κ3) is 3.67. The number of carbonyl (C=O) groups excluding carboxylic acids is 1. The highest BCUT2D eigenvalue weighted by Gasteiger charge is 2.26. The van der Waals surface area contributed by atoms with E-state index in [-0.39, 0.29) is 22.7 Å². The molecule has 10 nitrogen and oxygen atoms in total. The van der Waals surface area contributed by atoms with Crippen molar-refractivity contribution < 1.29 is 13.2 Å². The monoisotopic (exact) mass is 433 g/mol. The van der Waals surface area contributed by atoms with E-state index in [4.69, 9.17) is 0 Å². The van der Waals surface area contributed by atoms with Gasteiger partial charge in [-0.15, -0.1) is 0 Å². The van der Waals surface area contributed by atoms with Gasteiger partial charge < -0.3 is 9.88 Å². The fraction of sp³-hybridized carbons (Fsp3) is 0.368. The quantitative estimate of drug-likeness (QED) is 0.621. The first-order valence-corrected chi connectivity index (χ1v) is 10.8. The molecule has 3 rings (SSSR count). The second kappa shape index (κ2) is 7.56. The Morgan fingerprint density at radius 3 is 2.37 bits per heavy atom. The van der Waals surface area contributed by atoms with Crippen LogP contribution >= 0.6 is 0 Å². The van der Waals surface area contributed by atoms with Crippen molar-refractivity contribution in [2.24, 2.45) is 21.1 Å². The smallest absolute Gasteiger partial charge is 0.326 e. The minimum Gasteiger partial charge on any atom is -0.326 e. The molecule has 1 amide bonds. The van der Waals surface area contributed by atoms with Crippen molar-refractivity contribution in [1.29, 1.82) is 0 Å². The van der Waals surface area contributed by atoms with Crippen LogP contribution in [-0.4, -0.2) is 38.8 Å². The van der Waals surface area contributed by atoms with Crippen molar-refractivity contribution in [1.82, 2.24) is 18.7 Å². The number of rotatable bonds is 5. The summed E-state index contributed by atoms with van der Waals surface area (Å²) >= 11 is 0. The number of fused-ring (bicyclic) bond motifs is 1. The van der Waals surface area contributed by atoms with Crippen LogP contribution in [-0.2, 0) is 35.8 Å². The molecule has 11 heteroatoms. The average Bonchev–Trinajstić information content (AvgIpc) is 3.03. The molecule has 0 spiro atoms. The summed E-state index contributed by atoms with van der Waals surface area (Å²) in [7, 11) is 0.151. The minimum absolute atomic E-state index is 0.0985. The van der Waals surface area contributed by atoms with Crippen LogP contribution < -0.4 is 16.6 Å². The number of aryl methyl sites for hydroxylation is 4. The molecule has 160 valence electrons. The molecule has 0 fully saturated rings. The van der Waals surface area contributed by atoms with Gasteiger partial charge in [0, 0.05) is 33.3 Å². The first-order chi connectivity index (χ1) is 13.9. The first-order valence-electron chi connectivity index (χ1n) is 9.16. The highest BCUT2D eigenvalue weighted by atomic mass is 32.2. The van der Waals surface area contributed by atoms with Crippen molar-refractivity contribution in [3.63, 3.8) is 0 Å². The lowest BCUT2D eigenvalue weighted by molar-refractivity contribution is -0.115. The first kappa shape index (κ1) is 21.5. The van der Waals surface area contributed by atoms with Crippen LogP contribution in [0.2, 0.25) is 0 Å². The van der Waals surface area contributed by atoms with Crippen molar-refractivity contribution in [2.45, 2.75) is 25.4 Å². The van der Waals surface area contributed by atoms with Gasteiger partial charge in [0.2, 0.25) is 20.9 Å². The van der Waals surface area contributed by atoms with Gasteiger partial charge in [-0.2, -0.15) is 0 Å². The molecule has 2 aromatic heterocycles. The van der Waals surface area contributed by atoms with E-state index in [1.54, 1.807) is 6.07 Å². The summed E-state index contributed by atoms with van der Waals surface area (Å²) in [6, 6.07) is 5.53. The van der Waals surface area contributed by atoms with E-state index in [0.29, 0.717) is 5.69 Å². The Bertz CT molecular complexity index is 1400. The summed E-state index contributed by atoms with van der Waals surface area (Å²) in [5.74, 6) is -0.942. The molecule has 0 saturated carbocycles. The summed E-state index contributed by atoms with van der Waals surface area (Å²) in [5.41, 5.74) is 1.24. The van der Waals surface area contributed by atoms with Crippen LogP contribution in [0.4, 0.5) is 5.69 Å². The number of nitrogens with one attached hydrogen (secondary N) is 1. The van der Waals surface area contributed by atoms with Gasteiger partial charge in [-0.3, -0.25) is 18.7 Å². The van der Waals surface area contributed by atoms with Crippen LogP contribution in [0.5, 0.6) is 0 Å². The van der Waals surface area contributed by atoms with Gasteiger partial charge in [0.25, 0.3) is 5.56 Å². The molecule has 30 heavy (non-hydrogen) atoms. The second-order valence-electron chi connectivity index (χ2n) is 7.27. The number of aromatic nitrogens is 4. The zero-order valence-electron chi connectivity index (χ0n) is 17.4. The number of imidazole rings is 1. The van der Waals surface area contributed by atoms with Gasteiger partial charge in [0.05, 0.1) is 5.75 Å². The molecule has 0 aliphatic heterocycles. The maximum absolute atomic E-state index is 12.8. The zero-order chi connectivity index (χ0) is 22.4. The molecule has 1 N–H and O–H groups in total. The number of hydrogen-bond donors (Lipinski definition) is 1. The topological polar surface area (TPSA) is 125 Å². The average molecular weight is 433 g/mol. The van der Waals surface area contributed by atoms with Gasteiger partial charge in [0.15, 0.2) is 11.2 Å². The number of sulfone groups is 1. The lowest BCUT2D eigenvalue weighted by atomic mass is 10.1. The molecule has 1 aromatic carbocycles. The van der Waals surface area contributed by atoms with Crippen molar-refractivity contribution >= 4 is 32.6 Å². The molecule has 0 aliphatic carbocycles. The molecule has 2 heterocycles. The number of anilines is 1. The van der Waals surface area contributed by atoms with Gasteiger partial charge in [-0.1, -0.05) is 17.7 Å². The SMILES string of the molecule is Cc1ccc(NC(=O)CCS(=O)(=O)c2nc3c(=O)n(C)c(=O)n(C)c3n2C)c(C)c1. The molecular weight excluding hydrogens is 410 g/mol.